The molecular formula is C18H16ClN3OS. The summed E-state index contributed by atoms with van der Waals surface area (Å²) in [5.74, 6) is -0.189. The average molecular weight is 358 g/mol. The van der Waals surface area contributed by atoms with Crippen molar-refractivity contribution in [3.8, 4) is 11.3 Å². The van der Waals surface area contributed by atoms with Crippen LogP contribution in [0.4, 0.5) is 5.69 Å². The zero-order chi connectivity index (χ0) is 16.8. The third kappa shape index (κ3) is 2.44. The molecule has 0 spiro atoms. The number of fused-ring (bicyclic) bond motifs is 3. The molecule has 3 aromatic rings. The second-order valence-electron chi connectivity index (χ2n) is 5.97. The van der Waals surface area contributed by atoms with E-state index in [-0.39, 0.29) is 5.91 Å². The van der Waals surface area contributed by atoms with E-state index in [4.69, 9.17) is 11.6 Å². The fraction of sp³-hybridized carbons (Fsp3) is 0.222. The maximum absolute atomic E-state index is 12.7. The van der Waals surface area contributed by atoms with Crippen LogP contribution in [0.25, 0.3) is 11.3 Å². The predicted octanol–water partition coefficient (Wildman–Crippen LogP) is 4.46. The number of thiophene rings is 1. The van der Waals surface area contributed by atoms with Gasteiger partial charge in [0.2, 0.25) is 0 Å². The Morgan fingerprint density at radius 3 is 2.96 bits per heavy atom. The van der Waals surface area contributed by atoms with Crippen LogP contribution >= 0.6 is 22.9 Å². The molecule has 0 aliphatic heterocycles. The molecule has 1 aliphatic rings. The van der Waals surface area contributed by atoms with Crippen molar-refractivity contribution in [3.05, 3.63) is 56.4 Å². The third-order valence-electron chi connectivity index (χ3n) is 4.39. The molecule has 1 amide bonds. The molecule has 1 N–H and O–H groups in total. The number of halogens is 1. The van der Waals surface area contributed by atoms with Crippen molar-refractivity contribution in [2.75, 3.05) is 5.32 Å². The summed E-state index contributed by atoms with van der Waals surface area (Å²) in [5, 5.41) is 10.1. The van der Waals surface area contributed by atoms with E-state index in [0.717, 1.165) is 29.7 Å². The normalized spacial score (nSPS) is 12.6. The fourth-order valence-corrected chi connectivity index (χ4v) is 4.23. The zero-order valence-corrected chi connectivity index (χ0v) is 15.0. The van der Waals surface area contributed by atoms with Crippen molar-refractivity contribution < 1.29 is 4.79 Å². The van der Waals surface area contributed by atoms with E-state index in [9.17, 15) is 4.79 Å². The fourth-order valence-electron chi connectivity index (χ4n) is 3.17. The number of hydrogen-bond donors (Lipinski definition) is 1. The Hall–Kier alpha value is -2.11. The van der Waals surface area contributed by atoms with E-state index in [1.807, 2.05) is 30.8 Å². The number of carbonyl (C=O) groups excluding carboxylic acids is 1. The van der Waals surface area contributed by atoms with Gasteiger partial charge in [0.25, 0.3) is 5.91 Å². The van der Waals surface area contributed by atoms with Gasteiger partial charge in [0, 0.05) is 33.8 Å². The smallest absolute Gasteiger partial charge is 0.276 e. The van der Waals surface area contributed by atoms with Gasteiger partial charge in [-0.2, -0.15) is 5.10 Å². The van der Waals surface area contributed by atoms with Gasteiger partial charge >= 0.3 is 0 Å². The van der Waals surface area contributed by atoms with Crippen molar-refractivity contribution in [1.82, 2.24) is 9.78 Å². The summed E-state index contributed by atoms with van der Waals surface area (Å²) in [5.41, 5.74) is 5.45. The molecule has 1 aromatic carbocycles. The Kier molecular flexibility index (Phi) is 3.70. The third-order valence-corrected chi connectivity index (χ3v) is 5.78. The highest BCUT2D eigenvalue weighted by Gasteiger charge is 2.27. The van der Waals surface area contributed by atoms with Crippen LogP contribution in [0.5, 0.6) is 0 Å². The first-order chi connectivity index (χ1) is 11.5. The monoisotopic (exact) mass is 357 g/mol. The number of aryl methyl sites for hydroxylation is 3. The number of hydrogen-bond acceptors (Lipinski definition) is 3. The second kappa shape index (κ2) is 5.76. The molecule has 1 aliphatic carbocycles. The predicted molar refractivity (Wildman–Crippen MR) is 98.1 cm³/mol. The van der Waals surface area contributed by atoms with Crippen molar-refractivity contribution in [3.63, 3.8) is 0 Å². The quantitative estimate of drug-likeness (QED) is 0.736. The van der Waals surface area contributed by atoms with Gasteiger partial charge in [0.05, 0.1) is 5.69 Å². The van der Waals surface area contributed by atoms with Gasteiger partial charge in [-0.05, 0) is 48.9 Å². The maximum Gasteiger partial charge on any atom is 0.276 e. The highest BCUT2D eigenvalue weighted by molar-refractivity contribution is 7.10. The van der Waals surface area contributed by atoms with E-state index in [1.165, 1.54) is 10.4 Å². The van der Waals surface area contributed by atoms with E-state index < -0.39 is 0 Å². The molecule has 24 heavy (non-hydrogen) atoms. The molecule has 0 saturated carbocycles. The second-order valence-corrected chi connectivity index (χ2v) is 7.38. The summed E-state index contributed by atoms with van der Waals surface area (Å²) in [7, 11) is 1.89. The van der Waals surface area contributed by atoms with Crippen molar-refractivity contribution >= 4 is 34.5 Å². The molecule has 4 rings (SSSR count). The van der Waals surface area contributed by atoms with Crippen LogP contribution in [0.15, 0.2) is 29.6 Å². The lowest BCUT2D eigenvalue weighted by molar-refractivity contribution is 0.102. The summed E-state index contributed by atoms with van der Waals surface area (Å²) in [6.07, 6.45) is 1.80. The van der Waals surface area contributed by atoms with Crippen LogP contribution in [-0.2, 0) is 19.9 Å². The van der Waals surface area contributed by atoms with Gasteiger partial charge in [-0.1, -0.05) is 17.7 Å². The van der Waals surface area contributed by atoms with Gasteiger partial charge in [0.1, 0.15) is 0 Å². The van der Waals surface area contributed by atoms with Crippen LogP contribution in [0.1, 0.15) is 26.5 Å². The Bertz CT molecular complexity index is 957. The molecule has 0 atom stereocenters. The molecule has 4 nitrogen and oxygen atoms in total. The minimum atomic E-state index is -0.189. The maximum atomic E-state index is 12.7. The highest BCUT2D eigenvalue weighted by Crippen LogP contribution is 2.38. The molecule has 6 heteroatoms. The molecule has 0 saturated heterocycles. The summed E-state index contributed by atoms with van der Waals surface area (Å²) >= 11 is 7.90. The first-order valence-electron chi connectivity index (χ1n) is 7.74. The molecule has 2 aromatic heterocycles. The average Bonchev–Trinajstić information content (AvgIpc) is 3.15. The largest absolute Gasteiger partial charge is 0.321 e. The van der Waals surface area contributed by atoms with Crippen LogP contribution in [0.2, 0.25) is 5.02 Å². The first kappa shape index (κ1) is 15.4. The first-order valence-corrected chi connectivity index (χ1v) is 9.00. The Morgan fingerprint density at radius 2 is 2.17 bits per heavy atom. The highest BCUT2D eigenvalue weighted by atomic mass is 35.5. The zero-order valence-electron chi connectivity index (χ0n) is 13.4. The minimum Gasteiger partial charge on any atom is -0.321 e. The Balaban J connectivity index is 1.69. The summed E-state index contributed by atoms with van der Waals surface area (Å²) in [6, 6.07) is 7.62. The van der Waals surface area contributed by atoms with Crippen molar-refractivity contribution in [2.24, 2.45) is 7.05 Å². The van der Waals surface area contributed by atoms with Gasteiger partial charge in [0.15, 0.2) is 5.69 Å². The Labute approximate surface area is 149 Å². The number of amides is 1. The molecule has 0 radical (unpaired) electrons. The van der Waals surface area contributed by atoms with Crippen LogP contribution < -0.4 is 5.32 Å². The molecular weight excluding hydrogens is 342 g/mol. The number of aromatic nitrogens is 2. The van der Waals surface area contributed by atoms with E-state index in [2.05, 4.69) is 21.9 Å². The van der Waals surface area contributed by atoms with Gasteiger partial charge in [-0.25, -0.2) is 0 Å². The van der Waals surface area contributed by atoms with Crippen LogP contribution in [0, 0.1) is 6.92 Å². The van der Waals surface area contributed by atoms with E-state index in [0.29, 0.717) is 16.4 Å². The standard InChI is InChI=1S/C18H16ClN3OS/c1-10-3-4-11(9-14(10)19)20-18(23)16-13-5-6-15-12(7-8-24-15)17(13)22(2)21-16/h3-4,7-9H,5-6H2,1-2H3,(H,20,23). The lowest BCUT2D eigenvalue weighted by Crippen LogP contribution is -2.15. The molecule has 0 bridgehead atoms. The summed E-state index contributed by atoms with van der Waals surface area (Å²) < 4.78 is 1.82. The molecule has 2 heterocycles. The summed E-state index contributed by atoms with van der Waals surface area (Å²) in [6.45, 7) is 1.93. The number of nitrogens with one attached hydrogen (secondary N) is 1. The molecule has 0 unspecified atom stereocenters. The van der Waals surface area contributed by atoms with Crippen LogP contribution in [0.3, 0.4) is 0 Å². The van der Waals surface area contributed by atoms with Gasteiger partial charge in [-0.15, -0.1) is 11.3 Å². The van der Waals surface area contributed by atoms with Crippen molar-refractivity contribution in [1.29, 1.82) is 0 Å². The lowest BCUT2D eigenvalue weighted by atomic mass is 9.94. The van der Waals surface area contributed by atoms with Crippen molar-refractivity contribution in [2.45, 2.75) is 19.8 Å². The van der Waals surface area contributed by atoms with Crippen LogP contribution in [-0.4, -0.2) is 15.7 Å². The topological polar surface area (TPSA) is 46.9 Å². The molecule has 0 fully saturated rings. The summed E-state index contributed by atoms with van der Waals surface area (Å²) in [4.78, 5) is 14.1. The molecule has 122 valence electrons. The lowest BCUT2D eigenvalue weighted by Gasteiger charge is -2.13. The van der Waals surface area contributed by atoms with E-state index in [1.54, 1.807) is 17.4 Å². The number of rotatable bonds is 2. The Morgan fingerprint density at radius 1 is 1.33 bits per heavy atom. The van der Waals surface area contributed by atoms with Gasteiger partial charge < -0.3 is 5.32 Å². The SMILES string of the molecule is Cc1ccc(NC(=O)c2nn(C)c3c2CCc2sccc2-3)cc1Cl. The number of anilines is 1. The minimum absolute atomic E-state index is 0.189. The number of benzene rings is 1. The number of carbonyl (C=O) groups is 1. The number of nitrogens with zero attached hydrogens (tertiary/aromatic N) is 2. The van der Waals surface area contributed by atoms with E-state index >= 15 is 0 Å². The van der Waals surface area contributed by atoms with Gasteiger partial charge in [-0.3, -0.25) is 9.48 Å².